The highest BCUT2D eigenvalue weighted by atomic mass is 16.2. The van der Waals surface area contributed by atoms with Crippen LogP contribution in [0.3, 0.4) is 0 Å². The van der Waals surface area contributed by atoms with Crippen LogP contribution in [-0.2, 0) is 11.2 Å². The molecule has 7 heteroatoms. The molecule has 130 valence electrons. The number of carbonyl (C=O) groups excluding carboxylic acids is 1. The maximum absolute atomic E-state index is 13.1. The SMILES string of the molecule is CCc1nccn1[C@@H]1CCCN(C(=O)[C@H](C(C)C)n2cncn2)C1. The van der Waals surface area contributed by atoms with Crippen LogP contribution < -0.4 is 0 Å². The maximum Gasteiger partial charge on any atom is 0.247 e. The number of piperidine rings is 1. The highest BCUT2D eigenvalue weighted by Crippen LogP contribution is 2.27. The van der Waals surface area contributed by atoms with Gasteiger partial charge in [0, 0.05) is 31.9 Å². The molecule has 0 aromatic carbocycles. The van der Waals surface area contributed by atoms with Crippen molar-refractivity contribution < 1.29 is 4.79 Å². The van der Waals surface area contributed by atoms with Gasteiger partial charge in [-0.15, -0.1) is 0 Å². The summed E-state index contributed by atoms with van der Waals surface area (Å²) in [5, 5.41) is 4.19. The van der Waals surface area contributed by atoms with Gasteiger partial charge < -0.3 is 9.47 Å². The minimum Gasteiger partial charge on any atom is -0.339 e. The van der Waals surface area contributed by atoms with Crippen LogP contribution in [0.15, 0.2) is 25.0 Å². The van der Waals surface area contributed by atoms with Crippen LogP contribution in [0.1, 0.15) is 51.5 Å². The Morgan fingerprint density at radius 3 is 2.92 bits per heavy atom. The number of hydrogen-bond donors (Lipinski definition) is 0. The molecule has 0 N–H and O–H groups in total. The van der Waals surface area contributed by atoms with Gasteiger partial charge >= 0.3 is 0 Å². The van der Waals surface area contributed by atoms with Gasteiger partial charge in [0.15, 0.2) is 0 Å². The number of aromatic nitrogens is 5. The number of nitrogens with zero attached hydrogens (tertiary/aromatic N) is 6. The van der Waals surface area contributed by atoms with Crippen LogP contribution in [0.25, 0.3) is 0 Å². The van der Waals surface area contributed by atoms with Crippen molar-refractivity contribution in [2.45, 2.75) is 52.1 Å². The van der Waals surface area contributed by atoms with Gasteiger partial charge in [-0.25, -0.2) is 14.6 Å². The average molecular weight is 330 g/mol. The Kier molecular flexibility index (Phi) is 4.97. The Bertz CT molecular complexity index is 662. The molecule has 1 aliphatic heterocycles. The van der Waals surface area contributed by atoms with Crippen molar-refractivity contribution in [1.29, 1.82) is 0 Å². The van der Waals surface area contributed by atoms with Crippen molar-refractivity contribution in [3.63, 3.8) is 0 Å². The van der Waals surface area contributed by atoms with Crippen molar-refractivity contribution >= 4 is 5.91 Å². The van der Waals surface area contributed by atoms with Crippen molar-refractivity contribution in [2.75, 3.05) is 13.1 Å². The third-order valence-electron chi connectivity index (χ3n) is 4.77. The van der Waals surface area contributed by atoms with Gasteiger partial charge in [0.2, 0.25) is 5.91 Å². The normalized spacial score (nSPS) is 19.7. The first-order valence-electron chi connectivity index (χ1n) is 8.76. The van der Waals surface area contributed by atoms with Gasteiger partial charge in [-0.3, -0.25) is 4.79 Å². The second kappa shape index (κ2) is 7.15. The fourth-order valence-corrected chi connectivity index (χ4v) is 3.58. The van der Waals surface area contributed by atoms with E-state index in [0.29, 0.717) is 6.04 Å². The van der Waals surface area contributed by atoms with E-state index < -0.39 is 0 Å². The van der Waals surface area contributed by atoms with Gasteiger partial charge in [0.05, 0.1) is 6.04 Å². The molecule has 1 saturated heterocycles. The van der Waals surface area contributed by atoms with Crippen LogP contribution in [0.4, 0.5) is 0 Å². The van der Waals surface area contributed by atoms with E-state index in [0.717, 1.165) is 38.2 Å². The first-order valence-corrected chi connectivity index (χ1v) is 8.76. The summed E-state index contributed by atoms with van der Waals surface area (Å²) >= 11 is 0. The number of aryl methyl sites for hydroxylation is 1. The first kappa shape index (κ1) is 16.7. The molecule has 2 atom stereocenters. The summed E-state index contributed by atoms with van der Waals surface area (Å²) in [6.07, 6.45) is 10.0. The summed E-state index contributed by atoms with van der Waals surface area (Å²) < 4.78 is 3.92. The Labute approximate surface area is 142 Å². The summed E-state index contributed by atoms with van der Waals surface area (Å²) in [6, 6.07) is 0.0170. The smallest absolute Gasteiger partial charge is 0.247 e. The molecule has 0 aliphatic carbocycles. The molecule has 3 heterocycles. The molecule has 2 aromatic rings. The molecule has 3 rings (SSSR count). The van der Waals surface area contributed by atoms with E-state index in [9.17, 15) is 4.79 Å². The minimum atomic E-state index is -0.292. The molecule has 1 amide bonds. The Balaban J connectivity index is 1.77. The Morgan fingerprint density at radius 2 is 2.25 bits per heavy atom. The largest absolute Gasteiger partial charge is 0.339 e. The third-order valence-corrected chi connectivity index (χ3v) is 4.77. The summed E-state index contributed by atoms with van der Waals surface area (Å²) in [4.78, 5) is 23.5. The van der Waals surface area contributed by atoms with E-state index in [1.165, 1.54) is 6.33 Å². The standard InChI is InChI=1S/C17H26N6O/c1-4-15-19-7-9-22(15)14-6-5-8-21(10-14)17(24)16(13(2)3)23-12-18-11-20-23/h7,9,11-14,16H,4-6,8,10H2,1-3H3/t14-,16+/m1/s1. The number of likely N-dealkylation sites (tertiary alicyclic amines) is 1. The van der Waals surface area contributed by atoms with E-state index in [-0.39, 0.29) is 17.9 Å². The lowest BCUT2D eigenvalue weighted by Gasteiger charge is -2.36. The quantitative estimate of drug-likeness (QED) is 0.842. The van der Waals surface area contributed by atoms with Gasteiger partial charge in [-0.1, -0.05) is 20.8 Å². The van der Waals surface area contributed by atoms with Crippen LogP contribution in [0.2, 0.25) is 0 Å². The molecule has 0 radical (unpaired) electrons. The molecule has 0 spiro atoms. The van der Waals surface area contributed by atoms with E-state index in [4.69, 9.17) is 0 Å². The first-order chi connectivity index (χ1) is 11.6. The fourth-order valence-electron chi connectivity index (χ4n) is 3.58. The molecule has 0 bridgehead atoms. The zero-order chi connectivity index (χ0) is 17.1. The molecule has 24 heavy (non-hydrogen) atoms. The Morgan fingerprint density at radius 1 is 1.42 bits per heavy atom. The molecule has 1 fully saturated rings. The van der Waals surface area contributed by atoms with E-state index in [2.05, 4.69) is 40.4 Å². The average Bonchev–Trinajstić information content (AvgIpc) is 3.26. The molecule has 1 aliphatic rings. The second-order valence-corrected chi connectivity index (χ2v) is 6.75. The number of rotatable bonds is 5. The van der Waals surface area contributed by atoms with Crippen molar-refractivity contribution in [3.8, 4) is 0 Å². The molecule has 0 saturated carbocycles. The molecular weight excluding hydrogens is 304 g/mol. The molecule has 2 aromatic heterocycles. The molecule has 0 unspecified atom stereocenters. The van der Waals surface area contributed by atoms with Crippen molar-refractivity contribution in [1.82, 2.24) is 29.2 Å². The monoisotopic (exact) mass is 330 g/mol. The minimum absolute atomic E-state index is 0.137. The summed E-state index contributed by atoms with van der Waals surface area (Å²) in [7, 11) is 0. The number of amides is 1. The highest BCUT2D eigenvalue weighted by Gasteiger charge is 2.33. The van der Waals surface area contributed by atoms with Gasteiger partial charge in [-0.2, -0.15) is 5.10 Å². The van der Waals surface area contributed by atoms with Crippen molar-refractivity contribution in [3.05, 3.63) is 30.9 Å². The van der Waals surface area contributed by atoms with Crippen LogP contribution in [-0.4, -0.2) is 48.2 Å². The van der Waals surface area contributed by atoms with E-state index in [1.54, 1.807) is 11.0 Å². The van der Waals surface area contributed by atoms with Gasteiger partial charge in [-0.05, 0) is 18.8 Å². The lowest BCUT2D eigenvalue weighted by Crippen LogP contribution is -2.45. The second-order valence-electron chi connectivity index (χ2n) is 6.75. The van der Waals surface area contributed by atoms with Crippen LogP contribution >= 0.6 is 0 Å². The summed E-state index contributed by atoms with van der Waals surface area (Å²) in [6.45, 7) is 7.76. The highest BCUT2D eigenvalue weighted by molar-refractivity contribution is 5.80. The third kappa shape index (κ3) is 3.20. The number of carbonyl (C=O) groups is 1. The van der Waals surface area contributed by atoms with Crippen LogP contribution in [0, 0.1) is 5.92 Å². The zero-order valence-corrected chi connectivity index (χ0v) is 14.7. The lowest BCUT2D eigenvalue weighted by atomic mass is 9.99. The molecular formula is C17H26N6O. The van der Waals surface area contributed by atoms with Gasteiger partial charge in [0.1, 0.15) is 24.5 Å². The Hall–Kier alpha value is -2.18. The lowest BCUT2D eigenvalue weighted by molar-refractivity contribution is -0.138. The topological polar surface area (TPSA) is 68.8 Å². The van der Waals surface area contributed by atoms with Gasteiger partial charge in [0.25, 0.3) is 0 Å². The summed E-state index contributed by atoms with van der Waals surface area (Å²) in [5.41, 5.74) is 0. The maximum atomic E-state index is 13.1. The fraction of sp³-hybridized carbons (Fsp3) is 0.647. The van der Waals surface area contributed by atoms with Crippen LogP contribution in [0.5, 0.6) is 0 Å². The predicted octanol–water partition coefficient (Wildman–Crippen LogP) is 2.10. The van der Waals surface area contributed by atoms with E-state index >= 15 is 0 Å². The number of imidazole rings is 1. The zero-order valence-electron chi connectivity index (χ0n) is 14.7. The number of hydrogen-bond acceptors (Lipinski definition) is 4. The molecule has 7 nitrogen and oxygen atoms in total. The predicted molar refractivity (Wildman–Crippen MR) is 90.4 cm³/mol. The van der Waals surface area contributed by atoms with Crippen molar-refractivity contribution in [2.24, 2.45) is 5.92 Å². The summed E-state index contributed by atoms with van der Waals surface area (Å²) in [5.74, 6) is 1.39. The van der Waals surface area contributed by atoms with E-state index in [1.807, 2.05) is 17.3 Å².